The van der Waals surface area contributed by atoms with Crippen LogP contribution in [0.1, 0.15) is 84.0 Å². The zero-order valence-corrected chi connectivity index (χ0v) is 15.1. The Morgan fingerprint density at radius 3 is 2.62 bits per heavy atom. The predicted molar refractivity (Wildman–Crippen MR) is 95.8 cm³/mol. The van der Waals surface area contributed by atoms with E-state index in [9.17, 15) is 14.7 Å². The summed E-state index contributed by atoms with van der Waals surface area (Å²) in [5.41, 5.74) is 0. The van der Waals surface area contributed by atoms with Crippen LogP contribution < -0.4 is 0 Å². The van der Waals surface area contributed by atoms with Crippen molar-refractivity contribution in [1.29, 1.82) is 0 Å². The van der Waals surface area contributed by atoms with Crippen molar-refractivity contribution < 1.29 is 19.8 Å². The molecule has 1 fully saturated rings. The number of carbonyl (C=O) groups is 2. The number of hydrogen-bond donors (Lipinski definition) is 2. The van der Waals surface area contributed by atoms with Crippen LogP contribution in [0, 0.1) is 11.8 Å². The summed E-state index contributed by atoms with van der Waals surface area (Å²) in [7, 11) is 0. The van der Waals surface area contributed by atoms with E-state index in [-0.39, 0.29) is 18.4 Å². The van der Waals surface area contributed by atoms with Gasteiger partial charge in [0.05, 0.1) is 6.10 Å². The van der Waals surface area contributed by atoms with Gasteiger partial charge in [-0.1, -0.05) is 57.6 Å². The summed E-state index contributed by atoms with van der Waals surface area (Å²) < 4.78 is 0. The lowest BCUT2D eigenvalue weighted by Crippen LogP contribution is -2.14. The van der Waals surface area contributed by atoms with Crippen LogP contribution in [-0.2, 0) is 9.59 Å². The van der Waals surface area contributed by atoms with Crippen molar-refractivity contribution in [2.24, 2.45) is 11.8 Å². The first kappa shape index (κ1) is 20.9. The number of rotatable bonds is 13. The van der Waals surface area contributed by atoms with Gasteiger partial charge in [0.2, 0.25) is 0 Å². The summed E-state index contributed by atoms with van der Waals surface area (Å²) in [6.45, 7) is 2.11. The highest BCUT2D eigenvalue weighted by Gasteiger charge is 2.32. The third-order valence-corrected chi connectivity index (χ3v) is 4.99. The normalized spacial score (nSPS) is 22.3. The standard InChI is InChI=1S/C20H34O4/c1-2-3-9-17(21)14-12-16-13-15-19(22)18(16)10-7-5-4-6-8-11-20(23)24/h12,14,16-18,21H,2-11,13,15H2,1H3,(H,23,24)/b14-12+. The van der Waals surface area contributed by atoms with Crippen molar-refractivity contribution in [1.82, 2.24) is 0 Å². The minimum absolute atomic E-state index is 0.124. The molecule has 0 aromatic heterocycles. The molecule has 1 saturated carbocycles. The molecule has 4 nitrogen and oxygen atoms in total. The van der Waals surface area contributed by atoms with E-state index in [4.69, 9.17) is 5.11 Å². The molecule has 24 heavy (non-hydrogen) atoms. The van der Waals surface area contributed by atoms with Gasteiger partial charge in [-0.25, -0.2) is 0 Å². The topological polar surface area (TPSA) is 74.6 Å². The largest absolute Gasteiger partial charge is 0.481 e. The number of carboxylic acid groups (broad SMARTS) is 1. The molecule has 0 radical (unpaired) electrons. The van der Waals surface area contributed by atoms with E-state index in [2.05, 4.69) is 13.0 Å². The number of hydrogen-bond acceptors (Lipinski definition) is 3. The zero-order chi connectivity index (χ0) is 17.8. The fourth-order valence-corrected chi connectivity index (χ4v) is 3.49. The highest BCUT2D eigenvalue weighted by molar-refractivity contribution is 5.83. The summed E-state index contributed by atoms with van der Waals surface area (Å²) in [5.74, 6) is 0.0697. The first-order valence-electron chi connectivity index (χ1n) is 9.65. The van der Waals surface area contributed by atoms with E-state index in [0.29, 0.717) is 18.1 Å². The van der Waals surface area contributed by atoms with Crippen LogP contribution in [0.2, 0.25) is 0 Å². The maximum absolute atomic E-state index is 12.1. The number of aliphatic carboxylic acids is 1. The Labute approximate surface area is 146 Å². The minimum Gasteiger partial charge on any atom is -0.481 e. The van der Waals surface area contributed by atoms with E-state index in [1.54, 1.807) is 0 Å². The number of carbonyl (C=O) groups excluding carboxylic acids is 1. The molecule has 0 saturated heterocycles. The molecule has 0 heterocycles. The van der Waals surface area contributed by atoms with Crippen LogP contribution in [0.3, 0.4) is 0 Å². The van der Waals surface area contributed by atoms with E-state index < -0.39 is 5.97 Å². The second-order valence-electron chi connectivity index (χ2n) is 7.07. The van der Waals surface area contributed by atoms with Gasteiger partial charge in [0.1, 0.15) is 5.78 Å². The number of carboxylic acids is 1. The van der Waals surface area contributed by atoms with Crippen molar-refractivity contribution >= 4 is 11.8 Å². The average molecular weight is 338 g/mol. The van der Waals surface area contributed by atoms with Crippen molar-refractivity contribution in [3.63, 3.8) is 0 Å². The van der Waals surface area contributed by atoms with Crippen molar-refractivity contribution in [2.75, 3.05) is 0 Å². The Kier molecular flexibility index (Phi) is 10.6. The van der Waals surface area contributed by atoms with Gasteiger partial charge in [-0.05, 0) is 31.6 Å². The van der Waals surface area contributed by atoms with Crippen LogP contribution in [0.15, 0.2) is 12.2 Å². The monoisotopic (exact) mass is 338 g/mol. The lowest BCUT2D eigenvalue weighted by molar-refractivity contribution is -0.137. The van der Waals surface area contributed by atoms with Gasteiger partial charge in [0, 0.05) is 18.8 Å². The quantitative estimate of drug-likeness (QED) is 0.383. The molecule has 1 rings (SSSR count). The molecule has 0 spiro atoms. The molecule has 1 aliphatic rings. The summed E-state index contributed by atoms with van der Waals surface area (Å²) in [4.78, 5) is 22.5. The highest BCUT2D eigenvalue weighted by Crippen LogP contribution is 2.34. The van der Waals surface area contributed by atoms with Gasteiger partial charge in [-0.15, -0.1) is 0 Å². The highest BCUT2D eigenvalue weighted by atomic mass is 16.4. The molecule has 0 amide bonds. The van der Waals surface area contributed by atoms with Crippen LogP contribution in [0.25, 0.3) is 0 Å². The first-order valence-corrected chi connectivity index (χ1v) is 9.65. The van der Waals surface area contributed by atoms with E-state index in [1.807, 2.05) is 6.08 Å². The second kappa shape index (κ2) is 12.2. The number of ketones is 1. The first-order chi connectivity index (χ1) is 11.5. The van der Waals surface area contributed by atoms with Gasteiger partial charge < -0.3 is 10.2 Å². The second-order valence-corrected chi connectivity index (χ2v) is 7.07. The number of unbranched alkanes of at least 4 members (excludes halogenated alkanes) is 5. The van der Waals surface area contributed by atoms with Gasteiger partial charge in [-0.3, -0.25) is 9.59 Å². The Morgan fingerprint density at radius 2 is 1.92 bits per heavy atom. The molecule has 4 heteroatoms. The third kappa shape index (κ3) is 8.62. The fraction of sp³-hybridized carbons (Fsp3) is 0.800. The maximum Gasteiger partial charge on any atom is 0.303 e. The van der Waals surface area contributed by atoms with E-state index in [0.717, 1.165) is 64.2 Å². The zero-order valence-electron chi connectivity index (χ0n) is 15.1. The van der Waals surface area contributed by atoms with Crippen LogP contribution in [0.5, 0.6) is 0 Å². The smallest absolute Gasteiger partial charge is 0.303 e. The third-order valence-electron chi connectivity index (χ3n) is 4.99. The molecule has 1 aliphatic carbocycles. The predicted octanol–water partition coefficient (Wildman–Crippen LogP) is 4.50. The van der Waals surface area contributed by atoms with Crippen LogP contribution >= 0.6 is 0 Å². The SMILES string of the molecule is CCCCC(O)/C=C/C1CCC(=O)C1CCCCCCCC(=O)O. The molecule has 138 valence electrons. The number of allylic oxidation sites excluding steroid dienone is 1. The Balaban J connectivity index is 2.24. The summed E-state index contributed by atoms with van der Waals surface area (Å²) in [6, 6.07) is 0. The van der Waals surface area contributed by atoms with Crippen LogP contribution in [-0.4, -0.2) is 28.1 Å². The summed E-state index contributed by atoms with van der Waals surface area (Å²) >= 11 is 0. The molecule has 3 unspecified atom stereocenters. The lowest BCUT2D eigenvalue weighted by atomic mass is 9.89. The molecule has 0 aliphatic heterocycles. The Hall–Kier alpha value is -1.16. The molecular formula is C20H34O4. The fourth-order valence-electron chi connectivity index (χ4n) is 3.49. The van der Waals surface area contributed by atoms with Crippen molar-refractivity contribution in [3.05, 3.63) is 12.2 Å². The number of aliphatic hydroxyl groups excluding tert-OH is 1. The summed E-state index contributed by atoms with van der Waals surface area (Å²) in [6.07, 6.45) is 14.1. The van der Waals surface area contributed by atoms with Gasteiger partial charge in [0.25, 0.3) is 0 Å². The number of aliphatic hydroxyl groups is 1. The molecule has 2 N–H and O–H groups in total. The average Bonchev–Trinajstić information content (AvgIpc) is 2.90. The Bertz CT molecular complexity index is 402. The van der Waals surface area contributed by atoms with E-state index >= 15 is 0 Å². The van der Waals surface area contributed by atoms with Gasteiger partial charge >= 0.3 is 5.97 Å². The lowest BCUT2D eigenvalue weighted by Gasteiger charge is -2.15. The Morgan fingerprint density at radius 1 is 1.21 bits per heavy atom. The van der Waals surface area contributed by atoms with Gasteiger partial charge in [0.15, 0.2) is 0 Å². The molecule has 0 aromatic carbocycles. The van der Waals surface area contributed by atoms with Gasteiger partial charge in [-0.2, -0.15) is 0 Å². The van der Waals surface area contributed by atoms with Crippen molar-refractivity contribution in [2.45, 2.75) is 90.1 Å². The summed E-state index contributed by atoms with van der Waals surface area (Å²) in [5, 5.41) is 18.5. The molecule has 3 atom stereocenters. The van der Waals surface area contributed by atoms with Crippen molar-refractivity contribution in [3.8, 4) is 0 Å². The maximum atomic E-state index is 12.1. The van der Waals surface area contributed by atoms with E-state index in [1.165, 1.54) is 0 Å². The number of Topliss-reactive ketones (excluding diaryl/α,β-unsaturated/α-hetero) is 1. The van der Waals surface area contributed by atoms with Crippen LogP contribution in [0.4, 0.5) is 0 Å². The molecular weight excluding hydrogens is 304 g/mol. The molecule has 0 bridgehead atoms. The molecule has 0 aromatic rings. The minimum atomic E-state index is -0.720.